The predicted octanol–water partition coefficient (Wildman–Crippen LogP) is 3.46. The number of aromatic nitrogens is 4. The fraction of sp³-hybridized carbons (Fsp3) is 0.500. The van der Waals surface area contributed by atoms with E-state index in [-0.39, 0.29) is 0 Å². The number of nitrogens with zero attached hydrogens (tertiary/aromatic N) is 5. The second kappa shape index (κ2) is 6.41. The molecule has 27 heavy (non-hydrogen) atoms. The molecule has 1 fully saturated rings. The van der Waals surface area contributed by atoms with Crippen molar-refractivity contribution in [1.29, 1.82) is 0 Å². The summed E-state index contributed by atoms with van der Waals surface area (Å²) in [5.74, 6) is 0.825. The van der Waals surface area contributed by atoms with Crippen LogP contribution in [-0.4, -0.2) is 37.5 Å². The molecule has 1 saturated heterocycles. The minimum atomic E-state index is 0.609. The third-order valence-electron chi connectivity index (χ3n) is 6.35. The van der Waals surface area contributed by atoms with Crippen LogP contribution < -0.4 is 0 Å². The van der Waals surface area contributed by atoms with Crippen LogP contribution in [0.2, 0.25) is 0 Å². The third-order valence-corrected chi connectivity index (χ3v) is 6.35. The summed E-state index contributed by atoms with van der Waals surface area (Å²) in [5, 5.41) is 1.44. The van der Waals surface area contributed by atoms with Crippen LogP contribution in [0.4, 0.5) is 0 Å². The van der Waals surface area contributed by atoms with E-state index in [1.807, 2.05) is 19.3 Å². The summed E-state index contributed by atoms with van der Waals surface area (Å²) < 4.78 is 2.44. The van der Waals surface area contributed by atoms with Crippen molar-refractivity contribution in [3.63, 3.8) is 0 Å². The van der Waals surface area contributed by atoms with Gasteiger partial charge in [0.05, 0.1) is 11.2 Å². The van der Waals surface area contributed by atoms with Gasteiger partial charge in [-0.05, 0) is 63.3 Å². The van der Waals surface area contributed by atoms with E-state index in [0.29, 0.717) is 6.04 Å². The Balaban J connectivity index is 1.58. The van der Waals surface area contributed by atoms with Crippen LogP contribution in [-0.2, 0) is 26.3 Å². The highest BCUT2D eigenvalue weighted by Gasteiger charge is 2.35. The minimum absolute atomic E-state index is 0.609. The van der Waals surface area contributed by atoms with Crippen LogP contribution in [0.1, 0.15) is 52.9 Å². The molecule has 0 radical (unpaired) electrons. The van der Waals surface area contributed by atoms with Crippen molar-refractivity contribution in [1.82, 2.24) is 24.4 Å². The van der Waals surface area contributed by atoms with E-state index in [4.69, 9.17) is 4.98 Å². The van der Waals surface area contributed by atoms with Gasteiger partial charge in [-0.15, -0.1) is 0 Å². The fourth-order valence-corrected chi connectivity index (χ4v) is 5.11. The van der Waals surface area contributed by atoms with Gasteiger partial charge in [0.25, 0.3) is 0 Å². The summed E-state index contributed by atoms with van der Waals surface area (Å²) in [5.41, 5.74) is 7.97. The lowest BCUT2D eigenvalue weighted by Crippen LogP contribution is -2.31. The highest BCUT2D eigenvalue weighted by molar-refractivity contribution is 5.88. The first-order valence-electron chi connectivity index (χ1n) is 10.1. The van der Waals surface area contributed by atoms with Crippen LogP contribution >= 0.6 is 0 Å². The van der Waals surface area contributed by atoms with E-state index < -0.39 is 0 Å². The summed E-state index contributed by atoms with van der Waals surface area (Å²) in [6.45, 7) is 6.51. The molecule has 0 bridgehead atoms. The molecule has 0 saturated carbocycles. The molecule has 0 spiro atoms. The molecule has 0 amide bonds. The van der Waals surface area contributed by atoms with Gasteiger partial charge in [-0.25, -0.2) is 9.97 Å². The Hall–Kier alpha value is -2.27. The van der Waals surface area contributed by atoms with Crippen molar-refractivity contribution >= 4 is 10.9 Å². The molecule has 2 aliphatic rings. The average Bonchev–Trinajstić information content (AvgIpc) is 3.24. The van der Waals surface area contributed by atoms with Crippen molar-refractivity contribution in [2.24, 2.45) is 7.05 Å². The quantitative estimate of drug-likeness (QED) is 0.717. The number of pyridine rings is 1. The fourth-order valence-electron chi connectivity index (χ4n) is 5.11. The number of rotatable bonds is 3. The molecule has 5 heteroatoms. The van der Waals surface area contributed by atoms with E-state index in [1.165, 1.54) is 53.8 Å². The number of hydrogen-bond donors (Lipinski definition) is 0. The van der Waals surface area contributed by atoms with Gasteiger partial charge >= 0.3 is 0 Å². The van der Waals surface area contributed by atoms with Gasteiger partial charge in [0.15, 0.2) is 0 Å². The first-order valence-corrected chi connectivity index (χ1v) is 10.1. The number of fused-ring (bicyclic) bond motifs is 5. The second-order valence-electron chi connectivity index (χ2n) is 8.11. The lowest BCUT2D eigenvalue weighted by molar-refractivity contribution is 0.242. The Bertz CT molecular complexity index is 1000. The van der Waals surface area contributed by atoms with Crippen molar-refractivity contribution in [3.8, 4) is 0 Å². The zero-order valence-corrected chi connectivity index (χ0v) is 16.5. The monoisotopic (exact) mass is 361 g/mol. The molecule has 1 unspecified atom stereocenters. The molecule has 0 aliphatic carbocycles. The number of aryl methyl sites for hydroxylation is 5. The highest BCUT2D eigenvalue weighted by atomic mass is 15.2. The third kappa shape index (κ3) is 2.76. The topological polar surface area (TPSA) is 46.8 Å². The Morgan fingerprint density at radius 3 is 2.74 bits per heavy atom. The van der Waals surface area contributed by atoms with E-state index in [0.717, 1.165) is 30.8 Å². The van der Waals surface area contributed by atoms with Crippen molar-refractivity contribution in [2.75, 3.05) is 13.1 Å². The molecule has 5 rings (SSSR count). The summed E-state index contributed by atoms with van der Waals surface area (Å²) in [6.07, 6.45) is 9.52. The zero-order valence-electron chi connectivity index (χ0n) is 16.5. The van der Waals surface area contributed by atoms with Crippen LogP contribution in [0.5, 0.6) is 0 Å². The van der Waals surface area contributed by atoms with Crippen molar-refractivity contribution < 1.29 is 0 Å². The summed E-state index contributed by atoms with van der Waals surface area (Å²) in [6, 6.07) is 2.92. The highest BCUT2D eigenvalue weighted by Crippen LogP contribution is 2.43. The summed E-state index contributed by atoms with van der Waals surface area (Å²) in [7, 11) is 2.24. The first kappa shape index (κ1) is 16.9. The Kier molecular flexibility index (Phi) is 4.01. The van der Waals surface area contributed by atoms with Gasteiger partial charge in [0.1, 0.15) is 5.82 Å². The van der Waals surface area contributed by atoms with Crippen LogP contribution in [0, 0.1) is 13.8 Å². The summed E-state index contributed by atoms with van der Waals surface area (Å²) in [4.78, 5) is 16.3. The van der Waals surface area contributed by atoms with E-state index in [9.17, 15) is 0 Å². The first-order chi connectivity index (χ1) is 13.1. The Labute approximate surface area is 160 Å². The van der Waals surface area contributed by atoms with Gasteiger partial charge in [-0.3, -0.25) is 9.88 Å². The molecule has 1 atom stereocenters. The van der Waals surface area contributed by atoms with Crippen LogP contribution in [0.25, 0.3) is 10.9 Å². The largest absolute Gasteiger partial charge is 0.346 e. The van der Waals surface area contributed by atoms with Crippen molar-refractivity contribution in [2.45, 2.75) is 52.0 Å². The van der Waals surface area contributed by atoms with E-state index in [1.54, 1.807) is 5.56 Å². The normalized spacial score (nSPS) is 19.4. The standard InChI is InChI=1S/C22H27N5/c1-14-11-17-21-19(8-10-27-9-4-5-20(21)27)26(3)22(17)18(25-14)7-6-16-12-23-15(2)24-13-16/h11-13,20H,4-10H2,1-3H3. The molecule has 5 heterocycles. The van der Waals surface area contributed by atoms with Gasteiger partial charge in [-0.2, -0.15) is 0 Å². The lowest BCUT2D eigenvalue weighted by Gasteiger charge is -2.30. The molecule has 0 N–H and O–H groups in total. The maximum atomic E-state index is 4.95. The molecule has 5 nitrogen and oxygen atoms in total. The number of hydrogen-bond acceptors (Lipinski definition) is 4. The minimum Gasteiger partial charge on any atom is -0.346 e. The SMILES string of the molecule is Cc1cc2c3c(n(C)c2c(CCc2cnc(C)nc2)n1)CCN1CCCC31. The Morgan fingerprint density at radius 1 is 1.11 bits per heavy atom. The maximum absolute atomic E-state index is 4.95. The molecule has 0 aromatic carbocycles. The molecule has 140 valence electrons. The smallest absolute Gasteiger partial charge is 0.125 e. The molecule has 3 aromatic rings. The predicted molar refractivity (Wildman–Crippen MR) is 107 cm³/mol. The average molecular weight is 361 g/mol. The zero-order chi connectivity index (χ0) is 18.5. The van der Waals surface area contributed by atoms with Crippen LogP contribution in [0.15, 0.2) is 18.5 Å². The van der Waals surface area contributed by atoms with Crippen molar-refractivity contribution in [3.05, 3.63) is 52.5 Å². The van der Waals surface area contributed by atoms with Gasteiger partial charge in [0, 0.05) is 55.2 Å². The molecular weight excluding hydrogens is 334 g/mol. The van der Waals surface area contributed by atoms with E-state index >= 15 is 0 Å². The summed E-state index contributed by atoms with van der Waals surface area (Å²) >= 11 is 0. The Morgan fingerprint density at radius 2 is 1.93 bits per heavy atom. The van der Waals surface area contributed by atoms with Gasteiger partial charge in [-0.1, -0.05) is 0 Å². The van der Waals surface area contributed by atoms with Gasteiger partial charge in [0.2, 0.25) is 0 Å². The second-order valence-corrected chi connectivity index (χ2v) is 8.11. The maximum Gasteiger partial charge on any atom is 0.125 e. The molecular formula is C22H27N5. The molecule has 3 aromatic heterocycles. The van der Waals surface area contributed by atoms with Gasteiger partial charge < -0.3 is 4.57 Å². The van der Waals surface area contributed by atoms with Crippen LogP contribution in [0.3, 0.4) is 0 Å². The van der Waals surface area contributed by atoms with E-state index in [2.05, 4.69) is 39.5 Å². The lowest BCUT2D eigenvalue weighted by atomic mass is 9.95. The molecule has 2 aliphatic heterocycles.